The van der Waals surface area contributed by atoms with Crippen molar-refractivity contribution in [2.24, 2.45) is 0 Å². The van der Waals surface area contributed by atoms with Crippen molar-refractivity contribution in [1.29, 1.82) is 0 Å². The van der Waals surface area contributed by atoms with Crippen LogP contribution < -0.4 is 4.31 Å². The molecule has 0 fully saturated rings. The van der Waals surface area contributed by atoms with E-state index in [0.717, 1.165) is 11.3 Å². The van der Waals surface area contributed by atoms with Crippen molar-refractivity contribution in [2.45, 2.75) is 32.2 Å². The molecule has 3 rings (SSSR count). The van der Waals surface area contributed by atoms with Gasteiger partial charge in [0.05, 0.1) is 23.7 Å². The molecule has 1 aliphatic heterocycles. The van der Waals surface area contributed by atoms with E-state index in [1.165, 1.54) is 4.31 Å². The lowest BCUT2D eigenvalue weighted by Crippen LogP contribution is -2.26. The highest BCUT2D eigenvalue weighted by molar-refractivity contribution is 7.92. The van der Waals surface area contributed by atoms with Crippen LogP contribution in [0.4, 0.5) is 5.69 Å². The molecule has 2 aromatic rings. The van der Waals surface area contributed by atoms with E-state index in [-0.39, 0.29) is 18.3 Å². The predicted octanol–water partition coefficient (Wildman–Crippen LogP) is 2.97. The quantitative estimate of drug-likeness (QED) is 0.871. The first-order chi connectivity index (χ1) is 9.87. The van der Waals surface area contributed by atoms with Gasteiger partial charge in [0.1, 0.15) is 0 Å². The minimum atomic E-state index is -3.35. The third-order valence-electron chi connectivity index (χ3n) is 3.49. The van der Waals surface area contributed by atoms with Gasteiger partial charge in [0.25, 0.3) is 0 Å². The molecule has 1 aromatic heterocycles. The van der Waals surface area contributed by atoms with Gasteiger partial charge in [-0.2, -0.15) is 5.10 Å². The second-order valence-corrected chi connectivity index (χ2v) is 7.75. The zero-order chi connectivity index (χ0) is 15.2. The van der Waals surface area contributed by atoms with E-state index in [9.17, 15) is 8.42 Å². The van der Waals surface area contributed by atoms with Gasteiger partial charge in [0, 0.05) is 17.3 Å². The Bertz CT molecular complexity index is 783. The first-order valence-corrected chi connectivity index (χ1v) is 8.68. The molecule has 5 nitrogen and oxygen atoms in total. The van der Waals surface area contributed by atoms with Gasteiger partial charge >= 0.3 is 0 Å². The molecule has 0 unspecified atom stereocenters. The van der Waals surface area contributed by atoms with Crippen LogP contribution >= 0.6 is 11.6 Å². The van der Waals surface area contributed by atoms with Gasteiger partial charge in [-0.3, -0.25) is 8.99 Å². The molecular weight excluding hydrogens is 310 g/mol. The summed E-state index contributed by atoms with van der Waals surface area (Å²) in [5.74, 6) is 0.0182. The van der Waals surface area contributed by atoms with Crippen molar-refractivity contribution in [3.63, 3.8) is 0 Å². The summed E-state index contributed by atoms with van der Waals surface area (Å²) in [6.45, 7) is 4.28. The van der Waals surface area contributed by atoms with Gasteiger partial charge in [-0.25, -0.2) is 8.42 Å². The van der Waals surface area contributed by atoms with Crippen molar-refractivity contribution in [2.75, 3.05) is 4.31 Å². The number of sulfonamides is 1. The summed E-state index contributed by atoms with van der Waals surface area (Å²) >= 11 is 5.99. The Morgan fingerprint density at radius 3 is 2.76 bits per heavy atom. The van der Waals surface area contributed by atoms with E-state index in [2.05, 4.69) is 5.10 Å². The minimum Gasteiger partial charge on any atom is -0.270 e. The zero-order valence-electron chi connectivity index (χ0n) is 11.8. The van der Waals surface area contributed by atoms with Crippen LogP contribution in [-0.4, -0.2) is 18.2 Å². The predicted molar refractivity (Wildman–Crippen MR) is 82.9 cm³/mol. The van der Waals surface area contributed by atoms with Gasteiger partial charge in [-0.1, -0.05) is 17.7 Å². The Morgan fingerprint density at radius 1 is 1.33 bits per heavy atom. The third-order valence-corrected chi connectivity index (χ3v) is 5.40. The Balaban J connectivity index is 1.95. The molecule has 1 aliphatic rings. The molecule has 0 amide bonds. The minimum absolute atomic E-state index is 0.0182. The van der Waals surface area contributed by atoms with Crippen LogP contribution in [0.15, 0.2) is 30.5 Å². The molecule has 112 valence electrons. The second-order valence-electron chi connectivity index (χ2n) is 5.42. The van der Waals surface area contributed by atoms with Crippen molar-refractivity contribution >= 4 is 27.3 Å². The number of aromatic nitrogens is 2. The first-order valence-electron chi connectivity index (χ1n) is 6.70. The van der Waals surface area contributed by atoms with Gasteiger partial charge in [-0.05, 0) is 37.6 Å². The van der Waals surface area contributed by atoms with Crippen LogP contribution in [0.1, 0.15) is 31.1 Å². The molecule has 0 N–H and O–H groups in total. The lowest BCUT2D eigenvalue weighted by molar-refractivity contribution is 0.526. The average molecular weight is 326 g/mol. The van der Waals surface area contributed by atoms with E-state index >= 15 is 0 Å². The van der Waals surface area contributed by atoms with Crippen molar-refractivity contribution < 1.29 is 8.42 Å². The van der Waals surface area contributed by atoms with Crippen LogP contribution in [0, 0.1) is 0 Å². The van der Waals surface area contributed by atoms with E-state index in [1.54, 1.807) is 18.2 Å². The van der Waals surface area contributed by atoms with Crippen LogP contribution in [0.5, 0.6) is 0 Å². The number of anilines is 1. The molecule has 0 bridgehead atoms. The Labute approximate surface area is 129 Å². The normalized spacial score (nSPS) is 16.5. The summed E-state index contributed by atoms with van der Waals surface area (Å²) in [6, 6.07) is 7.27. The maximum absolute atomic E-state index is 12.3. The second kappa shape index (κ2) is 5.03. The Kier molecular flexibility index (Phi) is 3.45. The lowest BCUT2D eigenvalue weighted by Gasteiger charge is -2.17. The smallest absolute Gasteiger partial charge is 0.239 e. The summed E-state index contributed by atoms with van der Waals surface area (Å²) < 4.78 is 27.9. The summed E-state index contributed by atoms with van der Waals surface area (Å²) in [6.07, 6.45) is 1.86. The van der Waals surface area contributed by atoms with Crippen LogP contribution in [0.25, 0.3) is 0 Å². The highest BCUT2D eigenvalue weighted by Gasteiger charge is 2.33. The monoisotopic (exact) mass is 325 g/mol. The SMILES string of the molecule is CC(C)n1ccc(CN2c3cc(Cl)ccc3CS2(=O)=O)n1. The van der Waals surface area contributed by atoms with Crippen LogP contribution in [-0.2, 0) is 22.3 Å². The third kappa shape index (κ3) is 2.65. The Hall–Kier alpha value is -1.53. The van der Waals surface area contributed by atoms with Gasteiger partial charge in [0.2, 0.25) is 10.0 Å². The number of rotatable bonds is 3. The molecule has 21 heavy (non-hydrogen) atoms. The number of nitrogens with zero attached hydrogens (tertiary/aromatic N) is 3. The highest BCUT2D eigenvalue weighted by Crippen LogP contribution is 2.36. The molecule has 0 saturated carbocycles. The van der Waals surface area contributed by atoms with E-state index < -0.39 is 10.0 Å². The summed E-state index contributed by atoms with van der Waals surface area (Å²) in [7, 11) is -3.35. The fourth-order valence-corrected chi connectivity index (χ4v) is 4.15. The Morgan fingerprint density at radius 2 is 2.10 bits per heavy atom. The number of fused-ring (bicyclic) bond motifs is 1. The maximum atomic E-state index is 12.3. The largest absolute Gasteiger partial charge is 0.270 e. The zero-order valence-corrected chi connectivity index (χ0v) is 13.4. The lowest BCUT2D eigenvalue weighted by atomic mass is 10.2. The number of benzene rings is 1. The van der Waals surface area contributed by atoms with Crippen molar-refractivity contribution in [3.05, 3.63) is 46.7 Å². The summed E-state index contributed by atoms with van der Waals surface area (Å²) in [5.41, 5.74) is 2.16. The molecule has 0 atom stereocenters. The van der Waals surface area contributed by atoms with Gasteiger partial charge in [0.15, 0.2) is 0 Å². The number of hydrogen-bond acceptors (Lipinski definition) is 3. The molecule has 1 aromatic carbocycles. The average Bonchev–Trinajstić information content (AvgIpc) is 2.95. The molecule has 2 heterocycles. The fraction of sp³-hybridized carbons (Fsp3) is 0.357. The first kappa shape index (κ1) is 14.4. The van der Waals surface area contributed by atoms with Gasteiger partial charge in [-0.15, -0.1) is 0 Å². The van der Waals surface area contributed by atoms with E-state index in [1.807, 2.05) is 30.8 Å². The van der Waals surface area contributed by atoms with Crippen molar-refractivity contribution in [1.82, 2.24) is 9.78 Å². The summed E-state index contributed by atoms with van der Waals surface area (Å²) in [4.78, 5) is 0. The highest BCUT2D eigenvalue weighted by atomic mass is 35.5. The standard InChI is InChI=1S/C14H16ClN3O2S/c1-10(2)17-6-5-13(16-17)8-18-14-7-12(15)4-3-11(14)9-21(18,19)20/h3-7,10H,8-9H2,1-2H3. The maximum Gasteiger partial charge on any atom is 0.239 e. The topological polar surface area (TPSA) is 55.2 Å². The molecule has 7 heteroatoms. The molecule has 0 spiro atoms. The number of halogens is 1. The molecule has 0 radical (unpaired) electrons. The van der Waals surface area contributed by atoms with Crippen LogP contribution in [0.3, 0.4) is 0 Å². The number of hydrogen-bond donors (Lipinski definition) is 0. The summed E-state index contributed by atoms with van der Waals surface area (Å²) in [5, 5.41) is 4.94. The molecule has 0 aliphatic carbocycles. The van der Waals surface area contributed by atoms with Crippen molar-refractivity contribution in [3.8, 4) is 0 Å². The molecule has 0 saturated heterocycles. The van der Waals surface area contributed by atoms with Gasteiger partial charge < -0.3 is 0 Å². The van der Waals surface area contributed by atoms with Crippen LogP contribution in [0.2, 0.25) is 5.02 Å². The van der Waals surface area contributed by atoms with E-state index in [0.29, 0.717) is 10.7 Å². The fourth-order valence-electron chi connectivity index (χ4n) is 2.40. The van der Waals surface area contributed by atoms with E-state index in [4.69, 9.17) is 11.6 Å². The molecular formula is C14H16ClN3O2S.